The zero-order valence-electron chi connectivity index (χ0n) is 16.2. The van der Waals surface area contributed by atoms with Gasteiger partial charge >= 0.3 is 5.63 Å². The largest absolute Gasteiger partial charge is 0.423 e. The van der Waals surface area contributed by atoms with Gasteiger partial charge in [0.15, 0.2) is 0 Å². The minimum Gasteiger partial charge on any atom is -0.423 e. The molecule has 0 spiro atoms. The standard InChI is InChI=1S/C22H23ClN2O3S/c1-2-14-10-19-17(12-18(14)23)15(11-21(26)28-19)13-25-7-5-16(6-8-25)24-22(27)20-4-3-9-29-20/h3-4,9-12,16H,2,5-8,13H2,1H3,(H,24,27). The Morgan fingerprint density at radius 1 is 1.28 bits per heavy atom. The van der Waals surface area contributed by atoms with Crippen molar-refractivity contribution in [3.8, 4) is 0 Å². The highest BCUT2D eigenvalue weighted by molar-refractivity contribution is 7.12. The summed E-state index contributed by atoms with van der Waals surface area (Å²) in [5, 5.41) is 6.63. The maximum Gasteiger partial charge on any atom is 0.336 e. The molecule has 4 rings (SSSR count). The van der Waals surface area contributed by atoms with Gasteiger partial charge in [0.25, 0.3) is 5.91 Å². The van der Waals surface area contributed by atoms with Crippen molar-refractivity contribution in [3.63, 3.8) is 0 Å². The summed E-state index contributed by atoms with van der Waals surface area (Å²) in [5.41, 5.74) is 2.16. The van der Waals surface area contributed by atoms with E-state index >= 15 is 0 Å². The van der Waals surface area contributed by atoms with Crippen LogP contribution in [0.2, 0.25) is 5.02 Å². The first-order valence-corrected chi connectivity index (χ1v) is 11.1. The zero-order valence-corrected chi connectivity index (χ0v) is 17.8. The molecule has 0 bridgehead atoms. The molecule has 0 atom stereocenters. The Hall–Kier alpha value is -2.15. The molecule has 29 heavy (non-hydrogen) atoms. The average molecular weight is 431 g/mol. The molecule has 3 heterocycles. The number of hydrogen-bond acceptors (Lipinski definition) is 5. The number of likely N-dealkylation sites (tertiary alicyclic amines) is 1. The van der Waals surface area contributed by atoms with Gasteiger partial charge in [0.1, 0.15) is 5.58 Å². The number of hydrogen-bond donors (Lipinski definition) is 1. The summed E-state index contributed by atoms with van der Waals surface area (Å²) in [6, 6.07) is 9.25. The van der Waals surface area contributed by atoms with Crippen LogP contribution in [-0.2, 0) is 13.0 Å². The topological polar surface area (TPSA) is 62.6 Å². The summed E-state index contributed by atoms with van der Waals surface area (Å²) in [6.07, 6.45) is 2.56. The lowest BCUT2D eigenvalue weighted by molar-refractivity contribution is 0.0913. The molecular formula is C22H23ClN2O3S. The molecule has 3 aromatic rings. The van der Waals surface area contributed by atoms with E-state index in [1.807, 2.05) is 36.6 Å². The Bertz CT molecular complexity index is 1070. The van der Waals surface area contributed by atoms with Gasteiger partial charge in [-0.15, -0.1) is 11.3 Å². The number of amides is 1. The lowest BCUT2D eigenvalue weighted by Gasteiger charge is -2.32. The quantitative estimate of drug-likeness (QED) is 0.607. The van der Waals surface area contributed by atoms with Gasteiger partial charge in [0.2, 0.25) is 0 Å². The summed E-state index contributed by atoms with van der Waals surface area (Å²) >= 11 is 7.85. The van der Waals surface area contributed by atoms with Crippen molar-refractivity contribution >= 4 is 39.8 Å². The van der Waals surface area contributed by atoms with Gasteiger partial charge in [-0.1, -0.05) is 24.6 Å². The molecule has 0 unspecified atom stereocenters. The maximum atomic E-state index is 12.2. The molecule has 1 amide bonds. The predicted molar refractivity (Wildman–Crippen MR) is 117 cm³/mol. The summed E-state index contributed by atoms with van der Waals surface area (Å²) < 4.78 is 5.41. The van der Waals surface area contributed by atoms with Gasteiger partial charge in [-0.3, -0.25) is 9.69 Å². The molecule has 0 aliphatic carbocycles. The smallest absolute Gasteiger partial charge is 0.336 e. The van der Waals surface area contributed by atoms with Crippen LogP contribution in [0.15, 0.2) is 44.9 Å². The van der Waals surface area contributed by atoms with Crippen LogP contribution in [0.4, 0.5) is 0 Å². The molecule has 152 valence electrons. The monoisotopic (exact) mass is 430 g/mol. The van der Waals surface area contributed by atoms with Crippen molar-refractivity contribution in [2.24, 2.45) is 0 Å². The first-order chi connectivity index (χ1) is 14.0. The van der Waals surface area contributed by atoms with Crippen LogP contribution >= 0.6 is 22.9 Å². The molecule has 1 fully saturated rings. The van der Waals surface area contributed by atoms with Crippen LogP contribution in [0.25, 0.3) is 11.0 Å². The lowest BCUT2D eigenvalue weighted by atomic mass is 10.0. The summed E-state index contributed by atoms with van der Waals surface area (Å²) in [5.74, 6) is 0.00600. The highest BCUT2D eigenvalue weighted by atomic mass is 35.5. The molecule has 7 heteroatoms. The molecule has 1 aliphatic rings. The average Bonchev–Trinajstić information content (AvgIpc) is 3.24. The Balaban J connectivity index is 1.44. The van der Waals surface area contributed by atoms with E-state index in [9.17, 15) is 9.59 Å². The van der Waals surface area contributed by atoms with Crippen LogP contribution in [0.5, 0.6) is 0 Å². The van der Waals surface area contributed by atoms with E-state index in [1.54, 1.807) is 6.07 Å². The van der Waals surface area contributed by atoms with E-state index in [-0.39, 0.29) is 17.6 Å². The highest BCUT2D eigenvalue weighted by Crippen LogP contribution is 2.27. The van der Waals surface area contributed by atoms with Crippen molar-refractivity contribution in [2.45, 2.75) is 38.8 Å². The molecule has 0 radical (unpaired) electrons. The molecule has 1 N–H and O–H groups in total. The van der Waals surface area contributed by atoms with E-state index in [0.717, 1.165) is 53.7 Å². The van der Waals surface area contributed by atoms with Crippen LogP contribution in [0.3, 0.4) is 0 Å². The van der Waals surface area contributed by atoms with Gasteiger partial charge in [0.05, 0.1) is 4.88 Å². The number of halogens is 1. The minimum absolute atomic E-state index is 0.00600. The first-order valence-electron chi connectivity index (χ1n) is 9.85. The van der Waals surface area contributed by atoms with E-state index in [0.29, 0.717) is 17.2 Å². The third kappa shape index (κ3) is 4.55. The van der Waals surface area contributed by atoms with Crippen molar-refractivity contribution in [3.05, 3.63) is 67.2 Å². The summed E-state index contributed by atoms with van der Waals surface area (Å²) in [7, 11) is 0. The predicted octanol–water partition coefficient (Wildman–Crippen LogP) is 4.46. The highest BCUT2D eigenvalue weighted by Gasteiger charge is 2.22. The number of piperidine rings is 1. The number of nitrogens with one attached hydrogen (secondary N) is 1. The van der Waals surface area contributed by atoms with Crippen molar-refractivity contribution in [2.75, 3.05) is 13.1 Å². The van der Waals surface area contributed by atoms with E-state index in [2.05, 4.69) is 10.2 Å². The molecule has 1 aliphatic heterocycles. The summed E-state index contributed by atoms with van der Waals surface area (Å²) in [6.45, 7) is 4.40. The third-order valence-corrected chi connectivity index (χ3v) is 6.66. The second-order valence-corrected chi connectivity index (χ2v) is 8.74. The number of carbonyl (C=O) groups is 1. The lowest BCUT2D eigenvalue weighted by Crippen LogP contribution is -2.44. The van der Waals surface area contributed by atoms with Crippen molar-refractivity contribution < 1.29 is 9.21 Å². The van der Waals surface area contributed by atoms with Gasteiger partial charge in [-0.2, -0.15) is 0 Å². The summed E-state index contributed by atoms with van der Waals surface area (Å²) in [4.78, 5) is 27.4. The number of fused-ring (bicyclic) bond motifs is 1. The molecule has 1 aromatic carbocycles. The number of carbonyl (C=O) groups excluding carboxylic acids is 1. The Morgan fingerprint density at radius 2 is 2.07 bits per heavy atom. The second kappa shape index (κ2) is 8.69. The second-order valence-electron chi connectivity index (χ2n) is 7.39. The van der Waals surface area contributed by atoms with E-state index < -0.39 is 0 Å². The zero-order chi connectivity index (χ0) is 20.4. The van der Waals surface area contributed by atoms with Gasteiger partial charge in [0, 0.05) is 42.2 Å². The van der Waals surface area contributed by atoms with E-state index in [4.69, 9.17) is 16.0 Å². The molecular weight excluding hydrogens is 408 g/mol. The molecule has 2 aromatic heterocycles. The molecule has 1 saturated heterocycles. The Kier molecular flexibility index (Phi) is 6.04. The SMILES string of the molecule is CCc1cc2oc(=O)cc(CN3CCC(NC(=O)c4cccs4)CC3)c2cc1Cl. The molecule has 0 saturated carbocycles. The number of nitrogens with zero attached hydrogens (tertiary/aromatic N) is 1. The minimum atomic E-state index is -0.338. The van der Waals surface area contributed by atoms with Gasteiger partial charge < -0.3 is 9.73 Å². The van der Waals surface area contributed by atoms with Gasteiger partial charge in [-0.25, -0.2) is 4.79 Å². The van der Waals surface area contributed by atoms with E-state index in [1.165, 1.54) is 11.3 Å². The van der Waals surface area contributed by atoms with Crippen molar-refractivity contribution in [1.82, 2.24) is 10.2 Å². The van der Waals surface area contributed by atoms with Gasteiger partial charge in [-0.05, 0) is 54.0 Å². The molecule has 5 nitrogen and oxygen atoms in total. The van der Waals surface area contributed by atoms with Crippen LogP contribution < -0.4 is 10.9 Å². The van der Waals surface area contributed by atoms with Crippen LogP contribution in [0, 0.1) is 0 Å². The number of rotatable bonds is 5. The fraction of sp³-hybridized carbons (Fsp3) is 0.364. The fourth-order valence-electron chi connectivity index (χ4n) is 3.83. The third-order valence-electron chi connectivity index (χ3n) is 5.44. The van der Waals surface area contributed by atoms with Crippen molar-refractivity contribution in [1.29, 1.82) is 0 Å². The van der Waals surface area contributed by atoms with Crippen LogP contribution in [-0.4, -0.2) is 29.9 Å². The maximum absolute atomic E-state index is 12.2. The fourth-order valence-corrected chi connectivity index (χ4v) is 4.76. The Morgan fingerprint density at radius 3 is 2.76 bits per heavy atom. The Labute approximate surface area is 178 Å². The first kappa shape index (κ1) is 20.1. The number of benzene rings is 1. The normalized spacial score (nSPS) is 15.7. The number of thiophene rings is 1. The van der Waals surface area contributed by atoms with Crippen LogP contribution in [0.1, 0.15) is 40.6 Å². The number of aryl methyl sites for hydroxylation is 1.